The van der Waals surface area contributed by atoms with Crippen LogP contribution < -0.4 is 0 Å². The van der Waals surface area contributed by atoms with E-state index in [0.29, 0.717) is 23.8 Å². The van der Waals surface area contributed by atoms with Gasteiger partial charge in [-0.25, -0.2) is 0 Å². The summed E-state index contributed by atoms with van der Waals surface area (Å²) in [5, 5.41) is 0. The van der Waals surface area contributed by atoms with E-state index >= 15 is 0 Å². The minimum Gasteiger partial charge on any atom is -0.298 e. The molecular formula is C15H29NO. The quantitative estimate of drug-likeness (QED) is 0.751. The van der Waals surface area contributed by atoms with E-state index < -0.39 is 0 Å². The molecule has 2 nitrogen and oxygen atoms in total. The molecule has 0 amide bonds. The summed E-state index contributed by atoms with van der Waals surface area (Å²) < 4.78 is 0. The number of likely N-dealkylation sites (N-methyl/N-ethyl adjacent to an activating group) is 1. The van der Waals surface area contributed by atoms with Crippen LogP contribution in [-0.2, 0) is 4.79 Å². The lowest BCUT2D eigenvalue weighted by Gasteiger charge is -2.39. The number of hydrogen-bond donors (Lipinski definition) is 0. The van der Waals surface area contributed by atoms with Gasteiger partial charge in [0.1, 0.15) is 0 Å². The van der Waals surface area contributed by atoms with Crippen LogP contribution >= 0.6 is 0 Å². The van der Waals surface area contributed by atoms with E-state index in [1.54, 1.807) is 0 Å². The minimum absolute atomic E-state index is 0.206. The van der Waals surface area contributed by atoms with Crippen LogP contribution in [0, 0.1) is 10.8 Å². The van der Waals surface area contributed by atoms with Crippen LogP contribution in [0.2, 0.25) is 0 Å². The number of carbonyl (C=O) groups excluding carboxylic acids is 1. The third-order valence-corrected chi connectivity index (χ3v) is 4.16. The summed E-state index contributed by atoms with van der Waals surface area (Å²) in [5.41, 5.74) is 0.299. The molecule has 0 unspecified atom stereocenters. The highest BCUT2D eigenvalue weighted by Gasteiger charge is 2.30. The van der Waals surface area contributed by atoms with Crippen molar-refractivity contribution in [3.63, 3.8) is 0 Å². The van der Waals surface area contributed by atoms with E-state index in [1.807, 2.05) is 20.8 Å². The maximum Gasteiger partial charge on any atom is 0.152 e. The molecule has 0 N–H and O–H groups in total. The molecular weight excluding hydrogens is 210 g/mol. The molecule has 100 valence electrons. The first-order valence-electron chi connectivity index (χ1n) is 6.85. The molecule has 1 aliphatic rings. The molecule has 0 aromatic rings. The SMILES string of the molecule is CN(CC(=O)C(C)(C)C)C1CCC(C)(C)CC1. The Balaban J connectivity index is 2.45. The summed E-state index contributed by atoms with van der Waals surface area (Å²) in [7, 11) is 2.10. The third kappa shape index (κ3) is 4.42. The van der Waals surface area contributed by atoms with Gasteiger partial charge in [0.2, 0.25) is 0 Å². The highest BCUT2D eigenvalue weighted by atomic mass is 16.1. The molecule has 17 heavy (non-hydrogen) atoms. The van der Waals surface area contributed by atoms with Gasteiger partial charge in [0.05, 0.1) is 6.54 Å². The first-order valence-corrected chi connectivity index (χ1v) is 6.85. The Morgan fingerprint density at radius 3 is 2.12 bits per heavy atom. The molecule has 0 heterocycles. The van der Waals surface area contributed by atoms with Gasteiger partial charge in [-0.1, -0.05) is 34.6 Å². The second-order valence-electron chi connectivity index (χ2n) is 7.48. The van der Waals surface area contributed by atoms with Crippen molar-refractivity contribution in [2.75, 3.05) is 13.6 Å². The van der Waals surface area contributed by atoms with E-state index in [0.717, 1.165) is 0 Å². The van der Waals surface area contributed by atoms with E-state index in [2.05, 4.69) is 25.8 Å². The molecule has 0 aromatic heterocycles. The number of hydrogen-bond acceptors (Lipinski definition) is 2. The van der Waals surface area contributed by atoms with E-state index in [1.165, 1.54) is 25.7 Å². The molecule has 2 heteroatoms. The second kappa shape index (κ2) is 5.09. The van der Waals surface area contributed by atoms with Crippen LogP contribution in [0.5, 0.6) is 0 Å². The van der Waals surface area contributed by atoms with Crippen LogP contribution in [0.15, 0.2) is 0 Å². The topological polar surface area (TPSA) is 20.3 Å². The van der Waals surface area contributed by atoms with Crippen molar-refractivity contribution in [1.82, 2.24) is 4.90 Å². The molecule has 0 saturated heterocycles. The molecule has 0 aromatic carbocycles. The third-order valence-electron chi connectivity index (χ3n) is 4.16. The van der Waals surface area contributed by atoms with Crippen LogP contribution in [0.25, 0.3) is 0 Å². The Morgan fingerprint density at radius 2 is 1.71 bits per heavy atom. The normalized spacial score (nSPS) is 21.8. The van der Waals surface area contributed by atoms with Crippen molar-refractivity contribution >= 4 is 5.78 Å². The van der Waals surface area contributed by atoms with E-state index in [9.17, 15) is 4.79 Å². The molecule has 0 atom stereocenters. The molecule has 1 saturated carbocycles. The van der Waals surface area contributed by atoms with Crippen molar-refractivity contribution in [3.05, 3.63) is 0 Å². The van der Waals surface area contributed by atoms with Crippen molar-refractivity contribution < 1.29 is 4.79 Å². The lowest BCUT2D eigenvalue weighted by atomic mass is 9.75. The summed E-state index contributed by atoms with van der Waals surface area (Å²) in [6.45, 7) is 11.3. The monoisotopic (exact) mass is 239 g/mol. The van der Waals surface area contributed by atoms with Gasteiger partial charge in [0, 0.05) is 11.5 Å². The number of carbonyl (C=O) groups is 1. The fourth-order valence-corrected chi connectivity index (χ4v) is 2.42. The zero-order chi connectivity index (χ0) is 13.3. The predicted molar refractivity (Wildman–Crippen MR) is 73.1 cm³/mol. The van der Waals surface area contributed by atoms with Gasteiger partial charge in [0.25, 0.3) is 0 Å². The zero-order valence-corrected chi connectivity index (χ0v) is 12.5. The lowest BCUT2D eigenvalue weighted by Crippen LogP contribution is -2.42. The highest BCUT2D eigenvalue weighted by molar-refractivity contribution is 5.85. The van der Waals surface area contributed by atoms with Crippen molar-refractivity contribution in [1.29, 1.82) is 0 Å². The number of ketones is 1. The largest absolute Gasteiger partial charge is 0.298 e. The molecule has 1 fully saturated rings. The average molecular weight is 239 g/mol. The minimum atomic E-state index is -0.206. The fraction of sp³-hybridized carbons (Fsp3) is 0.933. The van der Waals surface area contributed by atoms with Crippen LogP contribution in [-0.4, -0.2) is 30.3 Å². The van der Waals surface area contributed by atoms with Crippen molar-refractivity contribution in [2.45, 2.75) is 66.3 Å². The Bertz CT molecular complexity index is 265. The molecule has 0 aliphatic heterocycles. The Hall–Kier alpha value is -0.370. The second-order valence-corrected chi connectivity index (χ2v) is 7.48. The molecule has 0 radical (unpaired) electrons. The summed E-state index contributed by atoms with van der Waals surface area (Å²) in [5.74, 6) is 0.352. The fourth-order valence-electron chi connectivity index (χ4n) is 2.42. The summed E-state index contributed by atoms with van der Waals surface area (Å²) >= 11 is 0. The predicted octanol–water partition coefficient (Wildman–Crippen LogP) is 3.50. The summed E-state index contributed by atoms with van der Waals surface area (Å²) in [6, 6.07) is 0.606. The van der Waals surface area contributed by atoms with Gasteiger partial charge in [-0.2, -0.15) is 0 Å². The average Bonchev–Trinajstić information content (AvgIpc) is 2.15. The van der Waals surface area contributed by atoms with E-state index in [-0.39, 0.29) is 5.41 Å². The number of rotatable bonds is 3. The van der Waals surface area contributed by atoms with E-state index in [4.69, 9.17) is 0 Å². The van der Waals surface area contributed by atoms with Gasteiger partial charge in [-0.15, -0.1) is 0 Å². The van der Waals surface area contributed by atoms with Gasteiger partial charge in [-0.3, -0.25) is 9.69 Å². The summed E-state index contributed by atoms with van der Waals surface area (Å²) in [6.07, 6.45) is 5.04. The van der Waals surface area contributed by atoms with Gasteiger partial charge in [0.15, 0.2) is 5.78 Å². The number of Topliss-reactive ketones (excluding diaryl/α,β-unsaturated/α-hetero) is 1. The van der Waals surface area contributed by atoms with Gasteiger partial charge >= 0.3 is 0 Å². The summed E-state index contributed by atoms with van der Waals surface area (Å²) in [4.78, 5) is 14.3. The van der Waals surface area contributed by atoms with Crippen LogP contribution in [0.4, 0.5) is 0 Å². The first kappa shape index (κ1) is 14.7. The zero-order valence-electron chi connectivity index (χ0n) is 12.5. The molecule has 1 aliphatic carbocycles. The number of nitrogens with zero attached hydrogens (tertiary/aromatic N) is 1. The smallest absolute Gasteiger partial charge is 0.152 e. The van der Waals surface area contributed by atoms with Crippen LogP contribution in [0.1, 0.15) is 60.3 Å². The highest BCUT2D eigenvalue weighted by Crippen LogP contribution is 2.36. The van der Waals surface area contributed by atoms with Gasteiger partial charge in [-0.05, 0) is 38.1 Å². The Labute approximate surface area is 107 Å². The first-order chi connectivity index (χ1) is 7.62. The lowest BCUT2D eigenvalue weighted by molar-refractivity contribution is -0.127. The maximum atomic E-state index is 12.0. The van der Waals surface area contributed by atoms with Gasteiger partial charge < -0.3 is 0 Å². The Morgan fingerprint density at radius 1 is 1.24 bits per heavy atom. The molecule has 0 spiro atoms. The van der Waals surface area contributed by atoms with Crippen LogP contribution in [0.3, 0.4) is 0 Å². The maximum absolute atomic E-state index is 12.0. The van der Waals surface area contributed by atoms with Crippen molar-refractivity contribution in [2.24, 2.45) is 10.8 Å². The van der Waals surface area contributed by atoms with Crippen molar-refractivity contribution in [3.8, 4) is 0 Å². The standard InChI is InChI=1S/C15H29NO/c1-14(2,3)13(17)11-16(6)12-7-9-15(4,5)10-8-12/h12H,7-11H2,1-6H3. The molecule has 1 rings (SSSR count). The Kier molecular flexibility index (Phi) is 4.40. The molecule has 0 bridgehead atoms.